The molecule has 0 aliphatic heterocycles. The first-order valence-corrected chi connectivity index (χ1v) is 5.69. The predicted octanol–water partition coefficient (Wildman–Crippen LogP) is 3.74. The highest BCUT2D eigenvalue weighted by molar-refractivity contribution is 5.85. The Morgan fingerprint density at radius 1 is 1.64 bits per heavy atom. The van der Waals surface area contributed by atoms with Crippen molar-refractivity contribution in [3.8, 4) is 0 Å². The normalized spacial score (nSPS) is 32.6. The summed E-state index contributed by atoms with van der Waals surface area (Å²) in [6.45, 7) is 8.60. The lowest BCUT2D eigenvalue weighted by Crippen LogP contribution is -2.36. The number of Topliss-reactive ketones (excluding diaryl/α,β-unsaturated/α-hetero) is 1. The summed E-state index contributed by atoms with van der Waals surface area (Å²) in [6.07, 6.45) is 6.00. The van der Waals surface area contributed by atoms with Gasteiger partial charge in [0.1, 0.15) is 5.78 Å². The van der Waals surface area contributed by atoms with Gasteiger partial charge in [-0.2, -0.15) is 0 Å². The summed E-state index contributed by atoms with van der Waals surface area (Å²) in [5.74, 6) is 0.961. The average Bonchev–Trinajstić information content (AvgIpc) is 2.12. The molecule has 1 aliphatic rings. The summed E-state index contributed by atoms with van der Waals surface area (Å²) < 4.78 is 0. The fourth-order valence-corrected chi connectivity index (χ4v) is 2.28. The van der Waals surface area contributed by atoms with E-state index in [-0.39, 0.29) is 5.41 Å². The first kappa shape index (κ1) is 11.5. The summed E-state index contributed by atoms with van der Waals surface area (Å²) in [5, 5.41) is 0. The van der Waals surface area contributed by atoms with E-state index in [1.54, 1.807) is 0 Å². The quantitative estimate of drug-likeness (QED) is 0.625. The molecule has 14 heavy (non-hydrogen) atoms. The molecule has 80 valence electrons. The van der Waals surface area contributed by atoms with E-state index in [9.17, 15) is 4.79 Å². The lowest BCUT2D eigenvalue weighted by molar-refractivity contribution is -0.130. The molecule has 0 aromatic rings. The minimum absolute atomic E-state index is 0.0878. The third kappa shape index (κ3) is 2.08. The van der Waals surface area contributed by atoms with Crippen LogP contribution >= 0.6 is 0 Å². The molecular formula is C13H22O. The highest BCUT2D eigenvalue weighted by Crippen LogP contribution is 2.41. The summed E-state index contributed by atoms with van der Waals surface area (Å²) >= 11 is 0. The molecule has 0 heterocycles. The van der Waals surface area contributed by atoms with Crippen LogP contribution in [0.4, 0.5) is 0 Å². The summed E-state index contributed by atoms with van der Waals surface area (Å²) in [7, 11) is 0. The van der Waals surface area contributed by atoms with Crippen LogP contribution in [0.1, 0.15) is 53.4 Å². The number of hydrogen-bond donors (Lipinski definition) is 0. The van der Waals surface area contributed by atoms with Gasteiger partial charge in [0.05, 0.1) is 0 Å². The second-order valence-electron chi connectivity index (χ2n) is 4.95. The highest BCUT2D eigenvalue weighted by Gasteiger charge is 2.38. The van der Waals surface area contributed by atoms with Gasteiger partial charge in [0, 0.05) is 11.8 Å². The molecule has 0 N–H and O–H groups in total. The number of carbonyl (C=O) groups excluding carboxylic acids is 1. The lowest BCUT2D eigenvalue weighted by atomic mass is 9.66. The van der Waals surface area contributed by atoms with Crippen molar-refractivity contribution >= 4 is 5.78 Å². The van der Waals surface area contributed by atoms with Gasteiger partial charge in [-0.05, 0) is 32.1 Å². The fourth-order valence-electron chi connectivity index (χ4n) is 2.28. The average molecular weight is 194 g/mol. The van der Waals surface area contributed by atoms with E-state index in [4.69, 9.17) is 0 Å². The van der Waals surface area contributed by atoms with Crippen LogP contribution in [0, 0.1) is 11.3 Å². The van der Waals surface area contributed by atoms with Crippen molar-refractivity contribution in [2.45, 2.75) is 53.4 Å². The third-order valence-corrected chi connectivity index (χ3v) is 3.70. The van der Waals surface area contributed by atoms with Crippen LogP contribution in [0.25, 0.3) is 0 Å². The van der Waals surface area contributed by atoms with E-state index in [1.165, 1.54) is 5.57 Å². The monoisotopic (exact) mass is 194 g/mol. The van der Waals surface area contributed by atoms with E-state index in [0.717, 1.165) is 25.7 Å². The zero-order valence-electron chi connectivity index (χ0n) is 9.89. The maximum absolute atomic E-state index is 12.0. The molecule has 0 amide bonds. The molecule has 0 radical (unpaired) electrons. The van der Waals surface area contributed by atoms with E-state index in [1.807, 2.05) is 0 Å². The van der Waals surface area contributed by atoms with Gasteiger partial charge in [-0.1, -0.05) is 32.4 Å². The molecule has 1 rings (SSSR count). The molecule has 0 saturated heterocycles. The van der Waals surface area contributed by atoms with Crippen molar-refractivity contribution in [2.75, 3.05) is 0 Å². The van der Waals surface area contributed by atoms with E-state index >= 15 is 0 Å². The molecule has 0 saturated carbocycles. The first-order chi connectivity index (χ1) is 6.50. The van der Waals surface area contributed by atoms with Crippen LogP contribution < -0.4 is 0 Å². The van der Waals surface area contributed by atoms with Crippen molar-refractivity contribution in [1.82, 2.24) is 0 Å². The second kappa shape index (κ2) is 4.29. The lowest BCUT2D eigenvalue weighted by Gasteiger charge is -2.37. The Hall–Kier alpha value is -0.590. The Morgan fingerprint density at radius 2 is 2.29 bits per heavy atom. The van der Waals surface area contributed by atoms with E-state index in [2.05, 4.69) is 33.8 Å². The Kier molecular flexibility index (Phi) is 3.52. The Morgan fingerprint density at radius 3 is 2.79 bits per heavy atom. The van der Waals surface area contributed by atoms with Crippen molar-refractivity contribution in [3.63, 3.8) is 0 Å². The minimum atomic E-state index is -0.0878. The van der Waals surface area contributed by atoms with Gasteiger partial charge in [-0.15, -0.1) is 0 Å². The molecule has 0 bridgehead atoms. The molecule has 2 atom stereocenters. The summed E-state index contributed by atoms with van der Waals surface area (Å²) in [4.78, 5) is 12.0. The Balaban J connectivity index is 2.79. The van der Waals surface area contributed by atoms with Gasteiger partial charge in [0.15, 0.2) is 0 Å². The molecule has 0 fully saturated rings. The smallest absolute Gasteiger partial charge is 0.139 e. The second-order valence-corrected chi connectivity index (χ2v) is 4.95. The first-order valence-electron chi connectivity index (χ1n) is 5.69. The van der Waals surface area contributed by atoms with Crippen LogP contribution in [-0.2, 0) is 4.79 Å². The SMILES string of the molecule is CCCC(=O)C1(C)CC=C(C)CC1C. The molecule has 0 aromatic heterocycles. The van der Waals surface area contributed by atoms with E-state index < -0.39 is 0 Å². The van der Waals surface area contributed by atoms with Crippen molar-refractivity contribution in [1.29, 1.82) is 0 Å². The van der Waals surface area contributed by atoms with Crippen molar-refractivity contribution in [3.05, 3.63) is 11.6 Å². The minimum Gasteiger partial charge on any atom is -0.299 e. The molecule has 1 nitrogen and oxygen atoms in total. The van der Waals surface area contributed by atoms with Crippen LogP contribution in [0.2, 0.25) is 0 Å². The molecule has 2 unspecified atom stereocenters. The summed E-state index contributed by atoms with van der Waals surface area (Å²) in [6, 6.07) is 0. The maximum Gasteiger partial charge on any atom is 0.139 e. The Bertz CT molecular complexity index is 252. The zero-order chi connectivity index (χ0) is 10.8. The molecule has 0 spiro atoms. The number of hydrogen-bond acceptors (Lipinski definition) is 1. The van der Waals surface area contributed by atoms with Crippen LogP contribution in [0.3, 0.4) is 0 Å². The fraction of sp³-hybridized carbons (Fsp3) is 0.769. The van der Waals surface area contributed by atoms with Gasteiger partial charge in [0.2, 0.25) is 0 Å². The van der Waals surface area contributed by atoms with Crippen LogP contribution in [-0.4, -0.2) is 5.78 Å². The Labute approximate surface area is 87.6 Å². The maximum atomic E-state index is 12.0. The number of allylic oxidation sites excluding steroid dienone is 2. The molecule has 0 aromatic carbocycles. The van der Waals surface area contributed by atoms with Crippen LogP contribution in [0.5, 0.6) is 0 Å². The topological polar surface area (TPSA) is 17.1 Å². The molecule has 1 aliphatic carbocycles. The molecule has 1 heteroatoms. The van der Waals surface area contributed by atoms with Crippen molar-refractivity contribution in [2.24, 2.45) is 11.3 Å². The standard InChI is InChI=1S/C13H22O/c1-5-6-12(14)13(4)8-7-10(2)9-11(13)3/h7,11H,5-6,8-9H2,1-4H3. The van der Waals surface area contributed by atoms with Gasteiger partial charge in [-0.25, -0.2) is 0 Å². The predicted molar refractivity (Wildman–Crippen MR) is 60.2 cm³/mol. The van der Waals surface area contributed by atoms with Gasteiger partial charge in [0.25, 0.3) is 0 Å². The van der Waals surface area contributed by atoms with E-state index in [0.29, 0.717) is 11.7 Å². The zero-order valence-corrected chi connectivity index (χ0v) is 9.89. The largest absolute Gasteiger partial charge is 0.299 e. The third-order valence-electron chi connectivity index (χ3n) is 3.70. The van der Waals surface area contributed by atoms with Gasteiger partial charge < -0.3 is 0 Å². The highest BCUT2D eigenvalue weighted by atomic mass is 16.1. The van der Waals surface area contributed by atoms with Crippen molar-refractivity contribution < 1.29 is 4.79 Å². The number of carbonyl (C=O) groups is 1. The number of ketones is 1. The molecular weight excluding hydrogens is 172 g/mol. The van der Waals surface area contributed by atoms with Gasteiger partial charge in [-0.3, -0.25) is 4.79 Å². The van der Waals surface area contributed by atoms with Crippen LogP contribution in [0.15, 0.2) is 11.6 Å². The number of rotatable bonds is 3. The van der Waals surface area contributed by atoms with Gasteiger partial charge >= 0.3 is 0 Å². The summed E-state index contributed by atoms with van der Waals surface area (Å²) in [5.41, 5.74) is 1.36.